The Morgan fingerprint density at radius 3 is 2.59 bits per heavy atom. The van der Waals surface area contributed by atoms with Crippen LogP contribution in [0.1, 0.15) is 29.8 Å². The number of carbonyl (C=O) groups excluding carboxylic acids is 2. The molecule has 1 aromatic rings. The third-order valence-electron chi connectivity index (χ3n) is 4.44. The maximum atomic E-state index is 11.9. The van der Waals surface area contributed by atoms with E-state index in [1.165, 1.54) is 0 Å². The number of rotatable bonds is 6. The monoisotopic (exact) mass is 391 g/mol. The average molecular weight is 392 g/mol. The van der Waals surface area contributed by atoms with Crippen molar-refractivity contribution < 1.29 is 9.59 Å². The van der Waals surface area contributed by atoms with Crippen LogP contribution in [0.4, 0.5) is 0 Å². The molecule has 8 heteroatoms. The van der Waals surface area contributed by atoms with Gasteiger partial charge in [0.2, 0.25) is 5.91 Å². The van der Waals surface area contributed by atoms with Crippen molar-refractivity contribution in [3.05, 3.63) is 35.4 Å². The van der Waals surface area contributed by atoms with Crippen LogP contribution in [0.15, 0.2) is 29.3 Å². The summed E-state index contributed by atoms with van der Waals surface area (Å²) in [4.78, 5) is 29.4. The lowest BCUT2D eigenvalue weighted by molar-refractivity contribution is -0.117. The summed E-state index contributed by atoms with van der Waals surface area (Å²) >= 11 is 2.04. The number of thioether (sulfide) groups is 1. The number of primary amides is 1. The van der Waals surface area contributed by atoms with E-state index in [-0.39, 0.29) is 12.5 Å². The van der Waals surface area contributed by atoms with Gasteiger partial charge in [-0.3, -0.25) is 14.6 Å². The van der Waals surface area contributed by atoms with Gasteiger partial charge in [-0.05, 0) is 23.6 Å². The van der Waals surface area contributed by atoms with Crippen molar-refractivity contribution in [2.24, 2.45) is 16.6 Å². The number of hydrogen-bond donors (Lipinski definition) is 3. The fourth-order valence-electron chi connectivity index (χ4n) is 2.83. The Balaban J connectivity index is 1.89. The maximum absolute atomic E-state index is 11.9. The zero-order valence-electron chi connectivity index (χ0n) is 16.2. The van der Waals surface area contributed by atoms with Crippen LogP contribution in [0.5, 0.6) is 0 Å². The van der Waals surface area contributed by atoms with Crippen LogP contribution in [0, 0.1) is 5.92 Å². The number of nitrogens with one attached hydrogen (secondary N) is 2. The third-order valence-corrected chi connectivity index (χ3v) is 5.98. The van der Waals surface area contributed by atoms with Gasteiger partial charge in [-0.2, -0.15) is 11.8 Å². The highest BCUT2D eigenvalue weighted by Crippen LogP contribution is 2.24. The molecule has 2 amide bonds. The lowest BCUT2D eigenvalue weighted by Crippen LogP contribution is -2.48. The molecule has 1 heterocycles. The van der Waals surface area contributed by atoms with Crippen LogP contribution in [-0.4, -0.2) is 60.4 Å². The predicted octanol–water partition coefficient (Wildman–Crippen LogP) is 1.05. The van der Waals surface area contributed by atoms with E-state index in [0.29, 0.717) is 23.3 Å². The maximum Gasteiger partial charge on any atom is 0.251 e. The number of aliphatic imine (C=N–C) groups is 1. The van der Waals surface area contributed by atoms with Gasteiger partial charge in [0.25, 0.3) is 5.91 Å². The Morgan fingerprint density at radius 1 is 1.30 bits per heavy atom. The Kier molecular flexibility index (Phi) is 7.97. The molecule has 1 aliphatic heterocycles. The van der Waals surface area contributed by atoms with Gasteiger partial charge < -0.3 is 21.3 Å². The van der Waals surface area contributed by atoms with E-state index in [2.05, 4.69) is 34.4 Å². The van der Waals surface area contributed by atoms with Gasteiger partial charge in [0.1, 0.15) is 0 Å². The molecule has 0 spiro atoms. The average Bonchev–Trinajstić information content (AvgIpc) is 2.67. The van der Waals surface area contributed by atoms with Crippen LogP contribution in [-0.2, 0) is 11.3 Å². The molecule has 1 saturated heterocycles. The molecule has 0 aliphatic carbocycles. The fourth-order valence-corrected chi connectivity index (χ4v) is 4.13. The van der Waals surface area contributed by atoms with Crippen LogP contribution >= 0.6 is 11.8 Å². The minimum Gasteiger partial charge on any atom is -0.368 e. The van der Waals surface area contributed by atoms with Crippen molar-refractivity contribution in [1.82, 2.24) is 15.5 Å². The fraction of sp³-hybridized carbons (Fsp3) is 0.526. The van der Waals surface area contributed by atoms with E-state index >= 15 is 0 Å². The standard InChI is InChI=1S/C19H29N5O2S/c1-13(2)16-12-24(8-9-27-16)19(21-3)23-10-14-4-6-15(7-5-14)18(26)22-11-17(20)25/h4-7,13,16H,8-12H2,1-3H3,(H2,20,25)(H,21,23)(H,22,26). The molecule has 0 saturated carbocycles. The van der Waals surface area contributed by atoms with E-state index in [0.717, 1.165) is 30.4 Å². The quantitative estimate of drug-likeness (QED) is 0.497. The first-order valence-corrected chi connectivity index (χ1v) is 10.2. The summed E-state index contributed by atoms with van der Waals surface area (Å²) in [6.07, 6.45) is 0. The predicted molar refractivity (Wildman–Crippen MR) is 111 cm³/mol. The Morgan fingerprint density at radius 2 is 2.00 bits per heavy atom. The van der Waals surface area contributed by atoms with Crippen molar-refractivity contribution >= 4 is 29.5 Å². The SMILES string of the molecule is CN=C(NCc1ccc(C(=O)NCC(N)=O)cc1)N1CCSC(C(C)C)C1. The molecule has 7 nitrogen and oxygen atoms in total. The van der Waals surface area contributed by atoms with Crippen LogP contribution in [0.25, 0.3) is 0 Å². The number of benzene rings is 1. The van der Waals surface area contributed by atoms with Gasteiger partial charge in [-0.1, -0.05) is 26.0 Å². The second-order valence-electron chi connectivity index (χ2n) is 6.85. The van der Waals surface area contributed by atoms with E-state index in [9.17, 15) is 9.59 Å². The molecule has 148 valence electrons. The summed E-state index contributed by atoms with van der Waals surface area (Å²) < 4.78 is 0. The molecular formula is C19H29N5O2S. The molecule has 2 rings (SSSR count). The summed E-state index contributed by atoms with van der Waals surface area (Å²) in [7, 11) is 1.81. The molecule has 27 heavy (non-hydrogen) atoms. The van der Waals surface area contributed by atoms with Gasteiger partial charge >= 0.3 is 0 Å². The highest BCUT2D eigenvalue weighted by molar-refractivity contribution is 8.00. The molecule has 0 bridgehead atoms. The zero-order valence-corrected chi connectivity index (χ0v) is 17.0. The van der Waals surface area contributed by atoms with Crippen molar-refractivity contribution in [3.63, 3.8) is 0 Å². The summed E-state index contributed by atoms with van der Waals surface area (Å²) in [5.74, 6) is 1.79. The van der Waals surface area contributed by atoms with Crippen LogP contribution in [0.2, 0.25) is 0 Å². The van der Waals surface area contributed by atoms with Crippen LogP contribution in [0.3, 0.4) is 0 Å². The van der Waals surface area contributed by atoms with Crippen molar-refractivity contribution in [1.29, 1.82) is 0 Å². The van der Waals surface area contributed by atoms with E-state index in [4.69, 9.17) is 5.73 Å². The van der Waals surface area contributed by atoms with E-state index in [1.54, 1.807) is 19.2 Å². The Hall–Kier alpha value is -2.22. The molecule has 1 aliphatic rings. The molecule has 1 unspecified atom stereocenters. The largest absolute Gasteiger partial charge is 0.368 e. The summed E-state index contributed by atoms with van der Waals surface area (Å²) in [6, 6.07) is 7.26. The number of amides is 2. The van der Waals surface area contributed by atoms with Crippen LogP contribution < -0.4 is 16.4 Å². The van der Waals surface area contributed by atoms with Crippen molar-refractivity contribution in [2.45, 2.75) is 25.6 Å². The van der Waals surface area contributed by atoms with Gasteiger partial charge in [0.05, 0.1) is 6.54 Å². The van der Waals surface area contributed by atoms with Gasteiger partial charge in [0.15, 0.2) is 5.96 Å². The molecule has 1 aromatic carbocycles. The Labute approximate surface area is 165 Å². The zero-order chi connectivity index (χ0) is 19.8. The molecule has 4 N–H and O–H groups in total. The number of carbonyl (C=O) groups is 2. The normalized spacial score (nSPS) is 17.7. The van der Waals surface area contributed by atoms with Gasteiger partial charge in [-0.15, -0.1) is 0 Å². The topological polar surface area (TPSA) is 99.8 Å². The first kappa shape index (κ1) is 21.1. The minimum atomic E-state index is -0.564. The molecular weight excluding hydrogens is 362 g/mol. The van der Waals surface area contributed by atoms with Crippen molar-refractivity contribution in [3.8, 4) is 0 Å². The van der Waals surface area contributed by atoms with Gasteiger partial charge in [-0.25, -0.2) is 0 Å². The highest BCUT2D eigenvalue weighted by atomic mass is 32.2. The third kappa shape index (κ3) is 6.46. The lowest BCUT2D eigenvalue weighted by atomic mass is 10.1. The Bertz CT molecular complexity index is 675. The first-order valence-electron chi connectivity index (χ1n) is 9.13. The second-order valence-corrected chi connectivity index (χ2v) is 8.19. The molecule has 1 atom stereocenters. The van der Waals surface area contributed by atoms with E-state index < -0.39 is 5.91 Å². The van der Waals surface area contributed by atoms with E-state index in [1.807, 2.05) is 23.9 Å². The van der Waals surface area contributed by atoms with Gasteiger partial charge in [0, 0.05) is 43.2 Å². The summed E-state index contributed by atoms with van der Waals surface area (Å²) in [5, 5.41) is 6.51. The number of guanidine groups is 1. The highest BCUT2D eigenvalue weighted by Gasteiger charge is 2.24. The molecule has 1 fully saturated rings. The second kappa shape index (κ2) is 10.2. The lowest BCUT2D eigenvalue weighted by Gasteiger charge is -2.36. The summed E-state index contributed by atoms with van der Waals surface area (Å²) in [6.45, 7) is 6.99. The number of nitrogens with zero attached hydrogens (tertiary/aromatic N) is 2. The number of hydrogen-bond acceptors (Lipinski definition) is 4. The first-order chi connectivity index (χ1) is 12.9. The minimum absolute atomic E-state index is 0.163. The smallest absolute Gasteiger partial charge is 0.251 e. The van der Waals surface area contributed by atoms with Crippen molar-refractivity contribution in [2.75, 3.05) is 32.4 Å². The summed E-state index contributed by atoms with van der Waals surface area (Å²) in [5.41, 5.74) is 6.58. The molecule has 0 aromatic heterocycles. The molecule has 0 radical (unpaired) electrons. The number of nitrogens with two attached hydrogens (primary N) is 1.